The summed E-state index contributed by atoms with van der Waals surface area (Å²) in [4.78, 5) is 0. The molecule has 1 atom stereocenters. The largest absolute Gasteiger partial charge is 0.385 e. The zero-order chi connectivity index (χ0) is 22.9. The van der Waals surface area contributed by atoms with Gasteiger partial charge in [0.25, 0.3) is 5.67 Å². The van der Waals surface area contributed by atoms with Gasteiger partial charge in [0.1, 0.15) is 0 Å². The second-order valence-corrected chi connectivity index (χ2v) is 7.17. The number of aryl methyl sites for hydroxylation is 1. The first kappa shape index (κ1) is 23.7. The molecule has 1 saturated carbocycles. The van der Waals surface area contributed by atoms with Gasteiger partial charge in [-0.3, -0.25) is 0 Å². The Bertz CT molecular complexity index is 738. The topological polar surface area (TPSA) is 20.2 Å². The van der Waals surface area contributed by atoms with Gasteiger partial charge in [0.05, 0.1) is 5.60 Å². The molecule has 166 valence electrons. The molecule has 1 aliphatic rings. The second-order valence-electron chi connectivity index (χ2n) is 7.17. The first-order valence-corrected chi connectivity index (χ1v) is 8.14. The van der Waals surface area contributed by atoms with Gasteiger partial charge in [-0.05, 0) is 24.5 Å². The fourth-order valence-corrected chi connectivity index (χ4v) is 3.18. The van der Waals surface area contributed by atoms with Crippen LogP contribution in [0.3, 0.4) is 0 Å². The smallest absolute Gasteiger partial charge is 0.384 e. The summed E-state index contributed by atoms with van der Waals surface area (Å²) in [5.74, 6) is -35.5. The summed E-state index contributed by atoms with van der Waals surface area (Å²) in [5.41, 5.74) is -9.30. The molecule has 0 bridgehead atoms. The molecule has 2 rings (SSSR count). The lowest BCUT2D eigenvalue weighted by atomic mass is 9.67. The van der Waals surface area contributed by atoms with Crippen molar-refractivity contribution in [2.45, 2.75) is 67.6 Å². The number of aliphatic hydroxyl groups is 1. The van der Waals surface area contributed by atoms with Gasteiger partial charge in [-0.1, -0.05) is 31.2 Å². The minimum atomic E-state index is -7.27. The van der Waals surface area contributed by atoms with Gasteiger partial charge < -0.3 is 5.11 Å². The average Bonchev–Trinajstić information content (AvgIpc) is 2.59. The number of halogens is 11. The van der Waals surface area contributed by atoms with Gasteiger partial charge in [0, 0.05) is 6.42 Å². The summed E-state index contributed by atoms with van der Waals surface area (Å²) < 4.78 is 151. The molecule has 1 aromatic carbocycles. The number of benzene rings is 1. The molecule has 1 unspecified atom stereocenters. The van der Waals surface area contributed by atoms with Crippen molar-refractivity contribution >= 4 is 0 Å². The van der Waals surface area contributed by atoms with E-state index in [1.807, 2.05) is 0 Å². The normalized spacial score (nSPS) is 27.8. The molecule has 0 heterocycles. The van der Waals surface area contributed by atoms with E-state index in [-0.39, 0.29) is 0 Å². The highest BCUT2D eigenvalue weighted by Gasteiger charge is 3.01. The molecule has 12 heteroatoms. The zero-order valence-electron chi connectivity index (χ0n) is 14.8. The van der Waals surface area contributed by atoms with Crippen molar-refractivity contribution in [1.82, 2.24) is 0 Å². The second kappa shape index (κ2) is 6.21. The highest BCUT2D eigenvalue weighted by atomic mass is 19.4. The van der Waals surface area contributed by atoms with Crippen LogP contribution in [0.4, 0.5) is 48.3 Å². The molecule has 0 aromatic heterocycles. The van der Waals surface area contributed by atoms with E-state index in [2.05, 4.69) is 0 Å². The average molecular weight is 444 g/mol. The van der Waals surface area contributed by atoms with Crippen molar-refractivity contribution in [3.63, 3.8) is 0 Å². The maximum atomic E-state index is 14.8. The lowest BCUT2D eigenvalue weighted by Gasteiger charge is -2.53. The van der Waals surface area contributed by atoms with E-state index in [1.54, 1.807) is 6.92 Å². The van der Waals surface area contributed by atoms with Gasteiger partial charge in [0.15, 0.2) is 0 Å². The van der Waals surface area contributed by atoms with Gasteiger partial charge >= 0.3 is 29.6 Å². The van der Waals surface area contributed by atoms with Crippen LogP contribution in [-0.2, 0) is 12.0 Å². The van der Waals surface area contributed by atoms with Crippen LogP contribution in [0.1, 0.15) is 31.4 Å². The summed E-state index contributed by atoms with van der Waals surface area (Å²) in [5, 5.41) is 10.2. The lowest BCUT2D eigenvalue weighted by molar-refractivity contribution is -0.488. The Morgan fingerprint density at radius 3 is 1.38 bits per heavy atom. The Morgan fingerprint density at radius 2 is 1.03 bits per heavy atom. The zero-order valence-corrected chi connectivity index (χ0v) is 14.8. The third-order valence-electron chi connectivity index (χ3n) is 5.14. The molecular formula is C17H15F11O. The number of hydrogen-bond acceptors (Lipinski definition) is 1. The van der Waals surface area contributed by atoms with E-state index in [9.17, 15) is 53.4 Å². The van der Waals surface area contributed by atoms with Crippen LogP contribution in [0.2, 0.25) is 0 Å². The molecule has 0 spiro atoms. The van der Waals surface area contributed by atoms with Crippen molar-refractivity contribution in [3.05, 3.63) is 35.4 Å². The summed E-state index contributed by atoms with van der Waals surface area (Å²) >= 11 is 0. The van der Waals surface area contributed by atoms with Crippen LogP contribution >= 0.6 is 0 Å². The Hall–Kier alpha value is -1.59. The van der Waals surface area contributed by atoms with Gasteiger partial charge in [-0.25, -0.2) is 4.39 Å². The Kier molecular flexibility index (Phi) is 5.07. The van der Waals surface area contributed by atoms with Crippen molar-refractivity contribution < 1.29 is 53.4 Å². The highest BCUT2D eigenvalue weighted by molar-refractivity contribution is 5.31. The maximum Gasteiger partial charge on any atom is 0.384 e. The molecular weight excluding hydrogens is 429 g/mol. The molecule has 29 heavy (non-hydrogen) atoms. The minimum Gasteiger partial charge on any atom is -0.385 e. The quantitative estimate of drug-likeness (QED) is 0.587. The molecule has 1 aromatic rings. The molecule has 1 fully saturated rings. The molecule has 0 radical (unpaired) electrons. The molecule has 0 amide bonds. The number of alkyl halides is 11. The number of hydrogen-bond donors (Lipinski definition) is 1. The first-order chi connectivity index (χ1) is 12.7. The fraction of sp³-hybridized carbons (Fsp3) is 0.647. The Labute approximate surface area is 157 Å². The third kappa shape index (κ3) is 2.70. The van der Waals surface area contributed by atoms with E-state index in [1.165, 1.54) is 12.1 Å². The van der Waals surface area contributed by atoms with Gasteiger partial charge in [-0.15, -0.1) is 0 Å². The van der Waals surface area contributed by atoms with Crippen molar-refractivity contribution in [1.29, 1.82) is 0 Å². The Balaban J connectivity index is 2.66. The summed E-state index contributed by atoms with van der Waals surface area (Å²) in [6.45, 7) is 2.11. The van der Waals surface area contributed by atoms with E-state index in [0.29, 0.717) is 18.9 Å². The predicted molar refractivity (Wildman–Crippen MR) is 78.6 cm³/mol. The summed E-state index contributed by atoms with van der Waals surface area (Å²) in [6.07, 6.45) is -2.29. The van der Waals surface area contributed by atoms with E-state index in [0.717, 1.165) is 12.1 Å². The number of rotatable bonds is 4. The first-order valence-electron chi connectivity index (χ1n) is 8.14. The van der Waals surface area contributed by atoms with Crippen LogP contribution in [0.5, 0.6) is 0 Å². The van der Waals surface area contributed by atoms with Crippen LogP contribution < -0.4 is 0 Å². The van der Waals surface area contributed by atoms with Crippen LogP contribution in [0.25, 0.3) is 0 Å². The molecule has 1 nitrogen and oxygen atoms in total. The third-order valence-corrected chi connectivity index (χ3v) is 5.14. The molecule has 1 N–H and O–H groups in total. The van der Waals surface area contributed by atoms with Crippen LogP contribution in [0.15, 0.2) is 24.3 Å². The van der Waals surface area contributed by atoms with Crippen molar-refractivity contribution in [3.8, 4) is 0 Å². The van der Waals surface area contributed by atoms with Gasteiger partial charge in [-0.2, -0.15) is 43.9 Å². The Morgan fingerprint density at radius 1 is 0.690 bits per heavy atom. The standard InChI is InChI=1S/C17H15F11O/c1-3-9-4-6-10(7-5-9)11(2,29)8-12(18)13(19,20)15(23,24)17(27,28)16(25,26)14(12,21)22/h4-7,29H,3,8H2,1-2H3. The molecule has 1 aliphatic carbocycles. The molecule has 0 saturated heterocycles. The highest BCUT2D eigenvalue weighted by Crippen LogP contribution is 2.71. The summed E-state index contributed by atoms with van der Waals surface area (Å²) in [6, 6.07) is 4.41. The summed E-state index contributed by atoms with van der Waals surface area (Å²) in [7, 11) is 0. The van der Waals surface area contributed by atoms with Gasteiger partial charge in [0.2, 0.25) is 0 Å². The van der Waals surface area contributed by atoms with Crippen LogP contribution in [0, 0.1) is 0 Å². The SMILES string of the molecule is CCc1ccc(C(C)(O)CC2(F)C(F)(F)C(F)(F)C(F)(F)C(F)(F)C2(F)F)cc1. The van der Waals surface area contributed by atoms with E-state index < -0.39 is 52.9 Å². The predicted octanol–water partition coefficient (Wildman–Crippen LogP) is 5.75. The van der Waals surface area contributed by atoms with E-state index in [4.69, 9.17) is 0 Å². The molecule has 0 aliphatic heterocycles. The van der Waals surface area contributed by atoms with E-state index >= 15 is 0 Å². The van der Waals surface area contributed by atoms with Crippen LogP contribution in [-0.4, -0.2) is 40.4 Å². The lowest BCUT2D eigenvalue weighted by Crippen LogP contribution is -2.84. The van der Waals surface area contributed by atoms with Crippen molar-refractivity contribution in [2.24, 2.45) is 0 Å². The maximum absolute atomic E-state index is 14.8. The monoisotopic (exact) mass is 444 g/mol. The fourth-order valence-electron chi connectivity index (χ4n) is 3.18. The van der Waals surface area contributed by atoms with Crippen molar-refractivity contribution in [2.75, 3.05) is 0 Å². The minimum absolute atomic E-state index is 0.430.